The van der Waals surface area contributed by atoms with Crippen LogP contribution in [0.1, 0.15) is 16.5 Å². The molecule has 0 saturated heterocycles. The Kier molecular flexibility index (Phi) is 5.67. The Balaban J connectivity index is 2.50. The van der Waals surface area contributed by atoms with E-state index in [2.05, 4.69) is 15.9 Å². The molecule has 21 heavy (non-hydrogen) atoms. The zero-order valence-electron chi connectivity index (χ0n) is 11.3. The molecule has 0 amide bonds. The SMILES string of the molecule is COc1cc(Cl)c(C(Cl)c2ccc(Cl)cc2Br)cc1OC. The highest BCUT2D eigenvalue weighted by Gasteiger charge is 2.20. The molecular weight excluding hydrogens is 398 g/mol. The average molecular weight is 411 g/mol. The second-order valence-electron chi connectivity index (χ2n) is 4.26. The van der Waals surface area contributed by atoms with Gasteiger partial charge in [-0.25, -0.2) is 0 Å². The van der Waals surface area contributed by atoms with Crippen molar-refractivity contribution in [2.45, 2.75) is 5.38 Å². The van der Waals surface area contributed by atoms with Crippen molar-refractivity contribution in [3.05, 3.63) is 56.0 Å². The monoisotopic (exact) mass is 408 g/mol. The van der Waals surface area contributed by atoms with Crippen LogP contribution >= 0.6 is 50.7 Å². The highest BCUT2D eigenvalue weighted by atomic mass is 79.9. The van der Waals surface area contributed by atoms with Crippen LogP contribution in [0.2, 0.25) is 10.0 Å². The number of rotatable bonds is 4. The lowest BCUT2D eigenvalue weighted by Gasteiger charge is -2.17. The first kappa shape index (κ1) is 16.8. The minimum atomic E-state index is -0.441. The standard InChI is InChI=1S/C15H12BrCl3O2/c1-20-13-6-10(12(18)7-14(13)21-2)15(19)9-4-3-8(17)5-11(9)16/h3-7,15H,1-2H3. The molecule has 6 heteroatoms. The molecule has 0 aromatic heterocycles. The third-order valence-electron chi connectivity index (χ3n) is 3.01. The lowest BCUT2D eigenvalue weighted by atomic mass is 10.0. The number of ether oxygens (including phenoxy) is 2. The van der Waals surface area contributed by atoms with Crippen molar-refractivity contribution >= 4 is 50.7 Å². The number of benzene rings is 2. The van der Waals surface area contributed by atoms with Gasteiger partial charge in [0.05, 0.1) is 19.6 Å². The Hall–Kier alpha value is -0.610. The Morgan fingerprint density at radius 3 is 2.14 bits per heavy atom. The first-order valence-electron chi connectivity index (χ1n) is 5.98. The maximum Gasteiger partial charge on any atom is 0.162 e. The summed E-state index contributed by atoms with van der Waals surface area (Å²) in [6, 6.07) is 8.90. The largest absolute Gasteiger partial charge is 0.493 e. The summed E-state index contributed by atoms with van der Waals surface area (Å²) in [5.41, 5.74) is 1.61. The van der Waals surface area contributed by atoms with E-state index in [1.807, 2.05) is 6.07 Å². The van der Waals surface area contributed by atoms with Crippen molar-refractivity contribution in [2.24, 2.45) is 0 Å². The predicted octanol–water partition coefficient (Wildman–Crippen LogP) is 6.10. The maximum absolute atomic E-state index is 6.57. The number of alkyl halides is 1. The molecule has 0 aliphatic carbocycles. The Labute approximate surface area is 147 Å². The van der Waals surface area contributed by atoms with Crippen LogP contribution in [0, 0.1) is 0 Å². The molecule has 0 spiro atoms. The third-order valence-corrected chi connectivity index (χ3v) is 4.73. The fraction of sp³-hybridized carbons (Fsp3) is 0.200. The van der Waals surface area contributed by atoms with E-state index in [-0.39, 0.29) is 0 Å². The Morgan fingerprint density at radius 2 is 1.57 bits per heavy atom. The van der Waals surface area contributed by atoms with Crippen LogP contribution in [-0.2, 0) is 0 Å². The highest BCUT2D eigenvalue weighted by Crippen LogP contribution is 2.42. The fourth-order valence-electron chi connectivity index (χ4n) is 1.94. The quantitative estimate of drug-likeness (QED) is 0.567. The smallest absolute Gasteiger partial charge is 0.162 e. The van der Waals surface area contributed by atoms with E-state index >= 15 is 0 Å². The first-order chi connectivity index (χ1) is 9.97. The number of hydrogen-bond acceptors (Lipinski definition) is 2. The van der Waals surface area contributed by atoms with E-state index in [0.717, 1.165) is 15.6 Å². The van der Waals surface area contributed by atoms with Crippen LogP contribution in [0.4, 0.5) is 0 Å². The van der Waals surface area contributed by atoms with Crippen LogP contribution in [0.15, 0.2) is 34.8 Å². The number of halogens is 4. The van der Waals surface area contributed by atoms with E-state index < -0.39 is 5.38 Å². The van der Waals surface area contributed by atoms with Gasteiger partial charge in [0.25, 0.3) is 0 Å². The van der Waals surface area contributed by atoms with Gasteiger partial charge in [0.2, 0.25) is 0 Å². The summed E-state index contributed by atoms with van der Waals surface area (Å²) in [6.45, 7) is 0. The van der Waals surface area contributed by atoms with Gasteiger partial charge in [-0.15, -0.1) is 11.6 Å². The van der Waals surface area contributed by atoms with Crippen LogP contribution < -0.4 is 9.47 Å². The summed E-state index contributed by atoms with van der Waals surface area (Å²) in [4.78, 5) is 0. The highest BCUT2D eigenvalue weighted by molar-refractivity contribution is 9.10. The Bertz CT molecular complexity index is 662. The maximum atomic E-state index is 6.57. The van der Waals surface area contributed by atoms with Gasteiger partial charge in [0.15, 0.2) is 11.5 Å². The molecule has 2 aromatic rings. The molecule has 1 unspecified atom stereocenters. The van der Waals surface area contributed by atoms with Crippen molar-refractivity contribution in [3.63, 3.8) is 0 Å². The van der Waals surface area contributed by atoms with Crippen LogP contribution in [0.25, 0.3) is 0 Å². The molecule has 0 fully saturated rings. The molecule has 0 bridgehead atoms. The van der Waals surface area contributed by atoms with Crippen LogP contribution in [-0.4, -0.2) is 14.2 Å². The third kappa shape index (κ3) is 3.59. The topological polar surface area (TPSA) is 18.5 Å². The lowest BCUT2D eigenvalue weighted by Crippen LogP contribution is -1.99. The summed E-state index contributed by atoms with van der Waals surface area (Å²) in [5, 5.41) is 0.700. The molecule has 2 rings (SSSR count). The first-order valence-corrected chi connectivity index (χ1v) is 7.97. The van der Waals surface area contributed by atoms with E-state index in [9.17, 15) is 0 Å². The van der Waals surface area contributed by atoms with Gasteiger partial charge >= 0.3 is 0 Å². The van der Waals surface area contributed by atoms with E-state index in [4.69, 9.17) is 44.3 Å². The van der Waals surface area contributed by atoms with Gasteiger partial charge in [0.1, 0.15) is 0 Å². The minimum absolute atomic E-state index is 0.441. The van der Waals surface area contributed by atoms with Gasteiger partial charge in [0, 0.05) is 20.6 Å². The summed E-state index contributed by atoms with van der Waals surface area (Å²) >= 11 is 22.3. The summed E-state index contributed by atoms with van der Waals surface area (Å²) in [5.74, 6) is 1.14. The summed E-state index contributed by atoms with van der Waals surface area (Å²) < 4.78 is 11.3. The van der Waals surface area contributed by atoms with Gasteiger partial charge < -0.3 is 9.47 Å². The molecule has 0 radical (unpaired) electrons. The zero-order chi connectivity index (χ0) is 15.6. The molecule has 0 saturated carbocycles. The minimum Gasteiger partial charge on any atom is -0.493 e. The van der Waals surface area contributed by atoms with Gasteiger partial charge in [-0.05, 0) is 29.3 Å². The average Bonchev–Trinajstić information content (AvgIpc) is 2.46. The molecule has 2 nitrogen and oxygen atoms in total. The molecular formula is C15H12BrCl3O2. The molecule has 1 atom stereocenters. The predicted molar refractivity (Wildman–Crippen MR) is 91.4 cm³/mol. The molecule has 0 aliphatic rings. The van der Waals surface area contributed by atoms with Crippen molar-refractivity contribution < 1.29 is 9.47 Å². The second kappa shape index (κ2) is 7.10. The number of hydrogen-bond donors (Lipinski definition) is 0. The van der Waals surface area contributed by atoms with Crippen molar-refractivity contribution in [3.8, 4) is 11.5 Å². The van der Waals surface area contributed by atoms with E-state index in [1.165, 1.54) is 0 Å². The lowest BCUT2D eigenvalue weighted by molar-refractivity contribution is 0.354. The second-order valence-corrected chi connectivity index (χ2v) is 6.39. The van der Waals surface area contributed by atoms with Crippen molar-refractivity contribution in [2.75, 3.05) is 14.2 Å². The zero-order valence-corrected chi connectivity index (χ0v) is 15.1. The van der Waals surface area contributed by atoms with Crippen LogP contribution in [0.3, 0.4) is 0 Å². The van der Waals surface area contributed by atoms with E-state index in [0.29, 0.717) is 21.5 Å². The molecule has 0 N–H and O–H groups in total. The molecule has 2 aromatic carbocycles. The molecule has 0 aliphatic heterocycles. The Morgan fingerprint density at radius 1 is 0.952 bits per heavy atom. The van der Waals surface area contributed by atoms with Gasteiger partial charge in [-0.2, -0.15) is 0 Å². The summed E-state index contributed by atoms with van der Waals surface area (Å²) in [6.07, 6.45) is 0. The molecule has 0 heterocycles. The summed E-state index contributed by atoms with van der Waals surface area (Å²) in [7, 11) is 3.12. The van der Waals surface area contributed by atoms with Gasteiger partial charge in [-0.3, -0.25) is 0 Å². The fourth-order valence-corrected chi connectivity index (χ4v) is 3.67. The van der Waals surface area contributed by atoms with Crippen LogP contribution in [0.5, 0.6) is 11.5 Å². The van der Waals surface area contributed by atoms with Crippen molar-refractivity contribution in [1.29, 1.82) is 0 Å². The molecule has 112 valence electrons. The normalized spacial score (nSPS) is 12.1. The number of methoxy groups -OCH3 is 2. The van der Waals surface area contributed by atoms with E-state index in [1.54, 1.807) is 38.5 Å². The van der Waals surface area contributed by atoms with Crippen molar-refractivity contribution in [1.82, 2.24) is 0 Å². The van der Waals surface area contributed by atoms with Gasteiger partial charge in [-0.1, -0.05) is 45.2 Å².